The van der Waals surface area contributed by atoms with Crippen LogP contribution in [0.5, 0.6) is 5.75 Å². The lowest BCUT2D eigenvalue weighted by molar-refractivity contribution is 0.0873. The number of nitrogens with zero attached hydrogens (tertiary/aromatic N) is 1. The quantitative estimate of drug-likeness (QED) is 0.869. The molecule has 1 aromatic carbocycles. The fourth-order valence-corrected chi connectivity index (χ4v) is 4.32. The van der Waals surface area contributed by atoms with Gasteiger partial charge in [-0.3, -0.25) is 4.90 Å². The zero-order valence-electron chi connectivity index (χ0n) is 12.8. The van der Waals surface area contributed by atoms with Crippen molar-refractivity contribution in [2.75, 3.05) is 7.05 Å². The van der Waals surface area contributed by atoms with Crippen LogP contribution in [0.1, 0.15) is 62.6 Å². The summed E-state index contributed by atoms with van der Waals surface area (Å²) in [5.41, 5.74) is 2.81. The first-order valence-corrected chi connectivity index (χ1v) is 8.20. The Kier molecular flexibility index (Phi) is 4.02. The number of phenols is 1. The largest absolute Gasteiger partial charge is 0.508 e. The molecular formula is C18H27NO. The summed E-state index contributed by atoms with van der Waals surface area (Å²) in [6, 6.07) is 7.17. The number of hydrogen-bond donors (Lipinski definition) is 1. The van der Waals surface area contributed by atoms with Gasteiger partial charge in [-0.15, -0.1) is 0 Å². The normalized spacial score (nSPS) is 30.2. The van der Waals surface area contributed by atoms with Gasteiger partial charge in [0.2, 0.25) is 0 Å². The van der Waals surface area contributed by atoms with Gasteiger partial charge in [0.1, 0.15) is 5.75 Å². The van der Waals surface area contributed by atoms with Gasteiger partial charge in [-0.1, -0.05) is 25.8 Å². The van der Waals surface area contributed by atoms with E-state index in [2.05, 4.69) is 24.9 Å². The molecule has 2 aliphatic rings. The molecular weight excluding hydrogens is 246 g/mol. The summed E-state index contributed by atoms with van der Waals surface area (Å²) in [5, 5.41) is 9.83. The summed E-state index contributed by atoms with van der Waals surface area (Å²) < 4.78 is 0. The van der Waals surface area contributed by atoms with E-state index in [1.54, 1.807) is 0 Å². The molecule has 0 aromatic heterocycles. The van der Waals surface area contributed by atoms with Crippen molar-refractivity contribution in [3.8, 4) is 5.75 Å². The molecule has 0 radical (unpaired) electrons. The zero-order valence-corrected chi connectivity index (χ0v) is 12.8. The predicted molar refractivity (Wildman–Crippen MR) is 83.0 cm³/mol. The molecule has 1 saturated carbocycles. The highest BCUT2D eigenvalue weighted by Crippen LogP contribution is 2.39. The molecule has 20 heavy (non-hydrogen) atoms. The highest BCUT2D eigenvalue weighted by atomic mass is 16.3. The molecule has 0 saturated heterocycles. The predicted octanol–water partition coefficient (Wildman–Crippen LogP) is 4.28. The molecule has 1 aromatic rings. The van der Waals surface area contributed by atoms with Crippen LogP contribution in [0.4, 0.5) is 0 Å². The molecule has 2 heteroatoms. The third-order valence-corrected chi connectivity index (χ3v) is 5.49. The Morgan fingerprint density at radius 3 is 2.70 bits per heavy atom. The maximum atomic E-state index is 9.83. The van der Waals surface area contributed by atoms with E-state index < -0.39 is 0 Å². The minimum absolute atomic E-state index is 0.417. The van der Waals surface area contributed by atoms with Gasteiger partial charge < -0.3 is 5.11 Å². The molecule has 0 bridgehead atoms. The van der Waals surface area contributed by atoms with E-state index in [-0.39, 0.29) is 0 Å². The number of fused-ring (bicyclic) bond motifs is 1. The highest BCUT2D eigenvalue weighted by Gasteiger charge is 2.32. The van der Waals surface area contributed by atoms with Crippen LogP contribution in [0.15, 0.2) is 18.2 Å². The van der Waals surface area contributed by atoms with E-state index >= 15 is 0 Å². The standard InChI is InChI=1S/C18H27NO/c1-13-6-3-4-8-17(13)19(2)18-9-5-7-14-10-11-15(20)12-16(14)18/h10-13,17-18,20H,3-9H2,1-2H3. The molecule has 110 valence electrons. The van der Waals surface area contributed by atoms with Gasteiger partial charge >= 0.3 is 0 Å². The van der Waals surface area contributed by atoms with Crippen LogP contribution in [-0.4, -0.2) is 23.1 Å². The molecule has 3 unspecified atom stereocenters. The van der Waals surface area contributed by atoms with E-state index in [9.17, 15) is 5.11 Å². The van der Waals surface area contributed by atoms with Crippen LogP contribution in [0.2, 0.25) is 0 Å². The third kappa shape index (κ3) is 2.58. The Morgan fingerprint density at radius 1 is 1.10 bits per heavy atom. The summed E-state index contributed by atoms with van der Waals surface area (Å²) in [7, 11) is 2.30. The Bertz CT molecular complexity index is 470. The van der Waals surface area contributed by atoms with E-state index in [1.807, 2.05) is 12.1 Å². The molecule has 0 heterocycles. The van der Waals surface area contributed by atoms with Crippen molar-refractivity contribution in [2.24, 2.45) is 5.92 Å². The number of benzene rings is 1. The van der Waals surface area contributed by atoms with Crippen LogP contribution in [0, 0.1) is 5.92 Å². The number of aromatic hydroxyl groups is 1. The summed E-state index contributed by atoms with van der Waals surface area (Å²) in [5.74, 6) is 1.22. The molecule has 3 rings (SSSR count). The Balaban J connectivity index is 1.85. The first-order valence-electron chi connectivity index (χ1n) is 8.20. The fraction of sp³-hybridized carbons (Fsp3) is 0.667. The fourth-order valence-electron chi connectivity index (χ4n) is 4.32. The Labute approximate surface area is 122 Å². The second-order valence-electron chi connectivity index (χ2n) is 6.79. The summed E-state index contributed by atoms with van der Waals surface area (Å²) in [4.78, 5) is 2.61. The van der Waals surface area contributed by atoms with Crippen LogP contribution in [0.3, 0.4) is 0 Å². The second-order valence-corrected chi connectivity index (χ2v) is 6.79. The van der Waals surface area contributed by atoms with Gasteiger partial charge in [-0.2, -0.15) is 0 Å². The third-order valence-electron chi connectivity index (χ3n) is 5.49. The van der Waals surface area contributed by atoms with Gasteiger partial charge in [0.15, 0.2) is 0 Å². The van der Waals surface area contributed by atoms with Crippen molar-refractivity contribution in [2.45, 2.75) is 64.0 Å². The molecule has 0 spiro atoms. The molecule has 1 N–H and O–H groups in total. The molecule has 2 aliphatic carbocycles. The average molecular weight is 273 g/mol. The first-order chi connectivity index (χ1) is 9.66. The molecule has 3 atom stereocenters. The number of aryl methyl sites for hydroxylation is 1. The van der Waals surface area contributed by atoms with Crippen molar-refractivity contribution < 1.29 is 5.11 Å². The van der Waals surface area contributed by atoms with E-state index in [0.29, 0.717) is 17.8 Å². The van der Waals surface area contributed by atoms with Gasteiger partial charge in [0.05, 0.1) is 0 Å². The molecule has 0 aliphatic heterocycles. The van der Waals surface area contributed by atoms with Crippen LogP contribution < -0.4 is 0 Å². The molecule has 1 fully saturated rings. The van der Waals surface area contributed by atoms with Crippen molar-refractivity contribution >= 4 is 0 Å². The Hall–Kier alpha value is -1.02. The topological polar surface area (TPSA) is 23.5 Å². The molecule has 2 nitrogen and oxygen atoms in total. The van der Waals surface area contributed by atoms with Crippen LogP contribution in [-0.2, 0) is 6.42 Å². The van der Waals surface area contributed by atoms with Crippen molar-refractivity contribution in [3.05, 3.63) is 29.3 Å². The van der Waals surface area contributed by atoms with Crippen LogP contribution >= 0.6 is 0 Å². The number of phenolic OH excluding ortho intramolecular Hbond substituents is 1. The van der Waals surface area contributed by atoms with Gasteiger partial charge in [0, 0.05) is 12.1 Å². The number of hydrogen-bond acceptors (Lipinski definition) is 2. The van der Waals surface area contributed by atoms with Crippen molar-refractivity contribution in [1.82, 2.24) is 4.90 Å². The summed E-state index contributed by atoms with van der Waals surface area (Å²) in [6.45, 7) is 2.41. The van der Waals surface area contributed by atoms with Gasteiger partial charge in [-0.25, -0.2) is 0 Å². The van der Waals surface area contributed by atoms with Gasteiger partial charge in [-0.05, 0) is 68.3 Å². The second kappa shape index (κ2) is 5.77. The van der Waals surface area contributed by atoms with Crippen molar-refractivity contribution in [1.29, 1.82) is 0 Å². The lowest BCUT2D eigenvalue weighted by atomic mass is 9.81. The Morgan fingerprint density at radius 2 is 1.90 bits per heavy atom. The summed E-state index contributed by atoms with van der Waals surface area (Å²) >= 11 is 0. The van der Waals surface area contributed by atoms with E-state index in [1.165, 1.54) is 56.1 Å². The SMILES string of the molecule is CC1CCCCC1N(C)C1CCCc2ccc(O)cc21. The monoisotopic (exact) mass is 273 g/mol. The van der Waals surface area contributed by atoms with Crippen LogP contribution in [0.25, 0.3) is 0 Å². The maximum Gasteiger partial charge on any atom is 0.115 e. The van der Waals surface area contributed by atoms with E-state index in [0.717, 1.165) is 5.92 Å². The highest BCUT2D eigenvalue weighted by molar-refractivity contribution is 5.38. The lowest BCUT2D eigenvalue weighted by Gasteiger charge is -2.43. The van der Waals surface area contributed by atoms with E-state index in [4.69, 9.17) is 0 Å². The minimum Gasteiger partial charge on any atom is -0.508 e. The molecule has 0 amide bonds. The number of rotatable bonds is 2. The summed E-state index contributed by atoms with van der Waals surface area (Å²) in [6.07, 6.45) is 9.15. The average Bonchev–Trinajstić information content (AvgIpc) is 2.46. The smallest absolute Gasteiger partial charge is 0.115 e. The zero-order chi connectivity index (χ0) is 14.1. The van der Waals surface area contributed by atoms with Crippen molar-refractivity contribution in [3.63, 3.8) is 0 Å². The first kappa shape index (κ1) is 13.9. The minimum atomic E-state index is 0.417. The van der Waals surface area contributed by atoms with Gasteiger partial charge in [0.25, 0.3) is 0 Å². The lowest BCUT2D eigenvalue weighted by Crippen LogP contribution is -2.42. The maximum absolute atomic E-state index is 9.83.